The summed E-state index contributed by atoms with van der Waals surface area (Å²) in [5, 5.41) is 12.4. The third-order valence-corrected chi connectivity index (χ3v) is 5.81. The van der Waals surface area contributed by atoms with Crippen molar-refractivity contribution >= 4 is 5.91 Å². The topological polar surface area (TPSA) is 52.6 Å². The Morgan fingerprint density at radius 1 is 1.06 bits per heavy atom. The van der Waals surface area contributed by atoms with E-state index in [1.165, 1.54) is 39.8 Å². The van der Waals surface area contributed by atoms with E-state index in [9.17, 15) is 4.79 Å². The Bertz CT molecular complexity index is 859. The average Bonchev–Trinajstić information content (AvgIpc) is 2.81. The number of hydrogen-bond acceptors (Lipinski definition) is 3. The number of nitrogens with zero attached hydrogens (tertiary/aromatic N) is 1. The van der Waals surface area contributed by atoms with Crippen molar-refractivity contribution < 1.29 is 9.90 Å². The minimum absolute atomic E-state index is 0.0495. The summed E-state index contributed by atoms with van der Waals surface area (Å²) < 4.78 is 0. The first-order chi connectivity index (χ1) is 15.3. The number of carbonyl (C=O) groups excluding carboxylic acids is 1. The molecule has 32 heavy (non-hydrogen) atoms. The summed E-state index contributed by atoms with van der Waals surface area (Å²) in [6.45, 7) is 19.6. The van der Waals surface area contributed by atoms with Crippen LogP contribution in [-0.4, -0.2) is 35.6 Å². The number of hydrogen-bond donors (Lipinski definition) is 2. The number of rotatable bonds is 1. The molecule has 0 fully saturated rings. The normalized spacial score (nSPS) is 15.3. The molecule has 1 amide bonds. The monoisotopic (exact) mass is 440 g/mol. The molecular weight excluding hydrogens is 396 g/mol. The van der Waals surface area contributed by atoms with Crippen LogP contribution in [0.1, 0.15) is 74.9 Å². The van der Waals surface area contributed by atoms with Crippen LogP contribution in [0, 0.1) is 13.8 Å². The van der Waals surface area contributed by atoms with Crippen molar-refractivity contribution in [1.29, 1.82) is 0 Å². The van der Waals surface area contributed by atoms with E-state index in [1.807, 2.05) is 27.7 Å². The zero-order valence-corrected chi connectivity index (χ0v) is 21.5. The molecule has 4 heteroatoms. The van der Waals surface area contributed by atoms with Crippen molar-refractivity contribution in [2.45, 2.75) is 80.3 Å². The van der Waals surface area contributed by atoms with E-state index in [-0.39, 0.29) is 11.3 Å². The zero-order chi connectivity index (χ0) is 24.3. The highest BCUT2D eigenvalue weighted by Gasteiger charge is 2.33. The maximum atomic E-state index is 11.6. The highest BCUT2D eigenvalue weighted by molar-refractivity contribution is 5.77. The molecule has 0 unspecified atom stereocenters. The first kappa shape index (κ1) is 27.9. The Labute approximate surface area is 196 Å². The third kappa shape index (κ3) is 7.18. The number of fused-ring (bicyclic) bond motifs is 2. The molecule has 2 aliphatic heterocycles. The summed E-state index contributed by atoms with van der Waals surface area (Å²) in [7, 11) is 0. The number of benzene rings is 2. The molecular formula is C28H44N2O2. The second-order valence-corrected chi connectivity index (χ2v) is 8.59. The molecule has 4 nitrogen and oxygen atoms in total. The molecule has 0 atom stereocenters. The molecule has 0 aromatic heterocycles. The smallest absolute Gasteiger partial charge is 0.248 e. The number of aliphatic hydroxyl groups excluding tert-OH is 1. The van der Waals surface area contributed by atoms with Crippen LogP contribution < -0.4 is 5.32 Å². The van der Waals surface area contributed by atoms with E-state index in [0.29, 0.717) is 13.1 Å². The summed E-state index contributed by atoms with van der Waals surface area (Å²) in [5.41, 5.74) is 8.13. The van der Waals surface area contributed by atoms with Gasteiger partial charge < -0.3 is 15.3 Å². The summed E-state index contributed by atoms with van der Waals surface area (Å²) in [4.78, 5) is 13.4. The van der Waals surface area contributed by atoms with Crippen LogP contribution in [-0.2, 0) is 29.7 Å². The van der Waals surface area contributed by atoms with Crippen LogP contribution in [0.5, 0.6) is 0 Å². The largest absolute Gasteiger partial charge is 0.387 e. The Balaban J connectivity index is 0.000000294. The first-order valence-electron chi connectivity index (χ1n) is 12.1. The third-order valence-electron chi connectivity index (χ3n) is 5.81. The van der Waals surface area contributed by atoms with Gasteiger partial charge in [-0.3, -0.25) is 4.79 Å². The van der Waals surface area contributed by atoms with Crippen molar-refractivity contribution in [2.24, 2.45) is 0 Å². The number of aryl methyl sites for hydroxylation is 2. The van der Waals surface area contributed by atoms with Crippen molar-refractivity contribution in [3.63, 3.8) is 0 Å². The molecule has 2 aliphatic rings. The molecule has 0 spiro atoms. The lowest BCUT2D eigenvalue weighted by Gasteiger charge is -2.40. The fourth-order valence-electron chi connectivity index (χ4n) is 4.30. The number of amides is 1. The Kier molecular flexibility index (Phi) is 11.7. The van der Waals surface area contributed by atoms with E-state index in [0.717, 1.165) is 13.1 Å². The highest BCUT2D eigenvalue weighted by Crippen LogP contribution is 2.33. The molecule has 178 valence electrons. The molecule has 2 N–H and O–H groups in total. The minimum atomic E-state index is -0.406. The Morgan fingerprint density at radius 3 is 2.38 bits per heavy atom. The highest BCUT2D eigenvalue weighted by atomic mass is 16.3. The molecule has 0 saturated carbocycles. The van der Waals surface area contributed by atoms with Crippen LogP contribution in [0.15, 0.2) is 36.4 Å². The van der Waals surface area contributed by atoms with Gasteiger partial charge in [-0.05, 0) is 54.6 Å². The molecule has 0 saturated heterocycles. The van der Waals surface area contributed by atoms with Gasteiger partial charge in [0.2, 0.25) is 5.91 Å². The standard InChI is InChI=1S/C14H19NO2.C10H13N.2C2H6/c1-10-4-5-12-11(6-10)7-15(13(17)8-16)9-14(12,2)3;1-8-3-2-4-9-5-6-11-7-10(8)9;2*1-2/h4-6,16H,7-9H2,1-3H3;2-4,11H,5-7H2,1H3;2*1-2H3. The molecule has 2 heterocycles. The van der Waals surface area contributed by atoms with Gasteiger partial charge in [-0.2, -0.15) is 0 Å². The second-order valence-electron chi connectivity index (χ2n) is 8.59. The van der Waals surface area contributed by atoms with Gasteiger partial charge in [-0.15, -0.1) is 0 Å². The van der Waals surface area contributed by atoms with Crippen LogP contribution in [0.4, 0.5) is 0 Å². The summed E-state index contributed by atoms with van der Waals surface area (Å²) in [6, 6.07) is 13.0. The van der Waals surface area contributed by atoms with Gasteiger partial charge >= 0.3 is 0 Å². The Morgan fingerprint density at radius 2 is 1.75 bits per heavy atom. The van der Waals surface area contributed by atoms with E-state index < -0.39 is 6.61 Å². The van der Waals surface area contributed by atoms with Gasteiger partial charge in [0.15, 0.2) is 0 Å². The lowest BCUT2D eigenvalue weighted by atomic mass is 9.78. The number of aliphatic hydroxyl groups is 1. The van der Waals surface area contributed by atoms with Gasteiger partial charge in [0.05, 0.1) is 0 Å². The van der Waals surface area contributed by atoms with Crippen LogP contribution in [0.2, 0.25) is 0 Å². The molecule has 4 rings (SSSR count). The average molecular weight is 441 g/mol. The van der Waals surface area contributed by atoms with Gasteiger partial charge in [0.25, 0.3) is 0 Å². The van der Waals surface area contributed by atoms with Gasteiger partial charge in [-0.25, -0.2) is 0 Å². The maximum Gasteiger partial charge on any atom is 0.248 e. The lowest BCUT2D eigenvalue weighted by molar-refractivity contribution is -0.136. The fourth-order valence-corrected chi connectivity index (χ4v) is 4.30. The van der Waals surface area contributed by atoms with Crippen LogP contribution >= 0.6 is 0 Å². The van der Waals surface area contributed by atoms with E-state index in [1.54, 1.807) is 4.90 Å². The lowest BCUT2D eigenvalue weighted by Crippen LogP contribution is -2.46. The SMILES string of the molecule is CC.CC.Cc1ccc2c(c1)CN(C(=O)CO)CC2(C)C.Cc1cccc2c1CNCC2. The molecule has 2 aromatic carbocycles. The molecule has 0 bridgehead atoms. The predicted octanol–water partition coefficient (Wildman–Crippen LogP) is 5.30. The summed E-state index contributed by atoms with van der Waals surface area (Å²) >= 11 is 0. The minimum Gasteiger partial charge on any atom is -0.387 e. The zero-order valence-electron chi connectivity index (χ0n) is 21.5. The van der Waals surface area contributed by atoms with Gasteiger partial charge in [0.1, 0.15) is 6.61 Å². The van der Waals surface area contributed by atoms with Gasteiger partial charge in [0, 0.05) is 25.0 Å². The summed E-state index contributed by atoms with van der Waals surface area (Å²) in [5.74, 6) is -0.190. The number of nitrogens with one attached hydrogen (secondary N) is 1. The Hall–Kier alpha value is -2.17. The molecule has 0 radical (unpaired) electrons. The van der Waals surface area contributed by atoms with Crippen LogP contribution in [0.3, 0.4) is 0 Å². The van der Waals surface area contributed by atoms with E-state index in [2.05, 4.69) is 69.4 Å². The quantitative estimate of drug-likeness (QED) is 0.633. The van der Waals surface area contributed by atoms with Crippen molar-refractivity contribution in [1.82, 2.24) is 10.2 Å². The second kappa shape index (κ2) is 13.4. The molecule has 0 aliphatic carbocycles. The van der Waals surface area contributed by atoms with E-state index in [4.69, 9.17) is 5.11 Å². The van der Waals surface area contributed by atoms with Gasteiger partial charge in [-0.1, -0.05) is 83.5 Å². The fraction of sp³-hybridized carbons (Fsp3) is 0.536. The van der Waals surface area contributed by atoms with Crippen molar-refractivity contribution in [3.8, 4) is 0 Å². The molecule has 2 aromatic rings. The maximum absolute atomic E-state index is 11.6. The summed E-state index contributed by atoms with van der Waals surface area (Å²) in [6.07, 6.45) is 1.19. The predicted molar refractivity (Wildman–Crippen MR) is 136 cm³/mol. The van der Waals surface area contributed by atoms with Crippen molar-refractivity contribution in [2.75, 3.05) is 19.7 Å². The van der Waals surface area contributed by atoms with Crippen molar-refractivity contribution in [3.05, 3.63) is 69.8 Å². The van der Waals surface area contributed by atoms with Crippen LogP contribution in [0.25, 0.3) is 0 Å². The number of carbonyl (C=O) groups is 1. The van der Waals surface area contributed by atoms with E-state index >= 15 is 0 Å². The first-order valence-corrected chi connectivity index (χ1v) is 12.1.